The molecule has 0 spiro atoms. The second kappa shape index (κ2) is 9.38. The molecule has 0 rings (SSSR count). The van der Waals surface area contributed by atoms with Crippen LogP contribution in [0.15, 0.2) is 0 Å². The van der Waals surface area contributed by atoms with Gasteiger partial charge in [0.2, 0.25) is 5.91 Å². The van der Waals surface area contributed by atoms with Gasteiger partial charge in [-0.05, 0) is 45.3 Å². The number of carbonyl (C=O) groups excluding carboxylic acids is 1. The van der Waals surface area contributed by atoms with Gasteiger partial charge in [0.25, 0.3) is 0 Å². The van der Waals surface area contributed by atoms with Crippen molar-refractivity contribution >= 4 is 5.91 Å². The van der Waals surface area contributed by atoms with Gasteiger partial charge in [0, 0.05) is 19.0 Å². The predicted molar refractivity (Wildman–Crippen MR) is 87.9 cm³/mol. The van der Waals surface area contributed by atoms with Crippen molar-refractivity contribution in [1.82, 2.24) is 9.80 Å². The van der Waals surface area contributed by atoms with E-state index in [0.29, 0.717) is 11.8 Å². The Kier molecular flexibility index (Phi) is 9.11. The van der Waals surface area contributed by atoms with Crippen LogP contribution in [0, 0.1) is 11.3 Å². The van der Waals surface area contributed by atoms with Crippen LogP contribution in [-0.4, -0.2) is 49.4 Å². The van der Waals surface area contributed by atoms with E-state index >= 15 is 0 Å². The molecule has 0 aromatic carbocycles. The third-order valence-electron chi connectivity index (χ3n) is 4.71. The Hall–Kier alpha value is -0.570. The van der Waals surface area contributed by atoms with Crippen LogP contribution < -0.4 is 0 Å². The van der Waals surface area contributed by atoms with E-state index in [4.69, 9.17) is 0 Å². The van der Waals surface area contributed by atoms with Crippen LogP contribution in [0.3, 0.4) is 0 Å². The second-order valence-electron chi connectivity index (χ2n) is 6.61. The van der Waals surface area contributed by atoms with Gasteiger partial charge >= 0.3 is 0 Å². The highest BCUT2D eigenvalue weighted by Gasteiger charge is 2.34. The summed E-state index contributed by atoms with van der Waals surface area (Å²) in [6.07, 6.45) is 4.12. The summed E-state index contributed by atoms with van der Waals surface area (Å²) in [5, 5.41) is 0. The molecule has 0 N–H and O–H groups in total. The van der Waals surface area contributed by atoms with Gasteiger partial charge in [0.05, 0.1) is 0 Å². The fraction of sp³-hybridized carbons (Fsp3) is 0.941. The van der Waals surface area contributed by atoms with Crippen molar-refractivity contribution in [1.29, 1.82) is 0 Å². The molecule has 120 valence electrons. The van der Waals surface area contributed by atoms with Gasteiger partial charge < -0.3 is 9.80 Å². The van der Waals surface area contributed by atoms with Gasteiger partial charge in [-0.2, -0.15) is 0 Å². The SMILES string of the molecule is CCC(C)CC(C)(CC)C(=O)N(C)CCCN(C)CC. The van der Waals surface area contributed by atoms with Crippen LogP contribution in [0.2, 0.25) is 0 Å². The molecule has 20 heavy (non-hydrogen) atoms. The Morgan fingerprint density at radius 3 is 2.20 bits per heavy atom. The molecule has 0 aromatic rings. The van der Waals surface area contributed by atoms with E-state index in [0.717, 1.165) is 45.3 Å². The fourth-order valence-corrected chi connectivity index (χ4v) is 2.59. The summed E-state index contributed by atoms with van der Waals surface area (Å²) in [5.41, 5.74) is -0.194. The van der Waals surface area contributed by atoms with Crippen molar-refractivity contribution in [3.8, 4) is 0 Å². The smallest absolute Gasteiger partial charge is 0.228 e. The quantitative estimate of drug-likeness (QED) is 0.611. The van der Waals surface area contributed by atoms with E-state index in [1.807, 2.05) is 11.9 Å². The maximum absolute atomic E-state index is 12.7. The second-order valence-corrected chi connectivity index (χ2v) is 6.61. The summed E-state index contributed by atoms with van der Waals surface area (Å²) in [6, 6.07) is 0. The largest absolute Gasteiger partial charge is 0.345 e. The van der Waals surface area contributed by atoms with Crippen molar-refractivity contribution < 1.29 is 4.79 Å². The lowest BCUT2D eigenvalue weighted by Crippen LogP contribution is -2.42. The molecule has 1 amide bonds. The molecule has 0 aliphatic carbocycles. The van der Waals surface area contributed by atoms with Crippen molar-refractivity contribution in [3.05, 3.63) is 0 Å². The monoisotopic (exact) mass is 284 g/mol. The number of carbonyl (C=O) groups is 1. The molecule has 0 aliphatic heterocycles. The number of hydrogen-bond donors (Lipinski definition) is 0. The van der Waals surface area contributed by atoms with E-state index in [9.17, 15) is 4.79 Å². The van der Waals surface area contributed by atoms with E-state index < -0.39 is 0 Å². The summed E-state index contributed by atoms with van der Waals surface area (Å²) >= 11 is 0. The molecule has 0 fully saturated rings. The van der Waals surface area contributed by atoms with Crippen LogP contribution in [0.4, 0.5) is 0 Å². The molecular weight excluding hydrogens is 248 g/mol. The van der Waals surface area contributed by atoms with Crippen LogP contribution >= 0.6 is 0 Å². The zero-order valence-electron chi connectivity index (χ0n) is 14.8. The Bertz CT molecular complexity index is 280. The molecule has 0 heterocycles. The first-order chi connectivity index (χ1) is 9.30. The van der Waals surface area contributed by atoms with Crippen LogP contribution in [0.1, 0.15) is 60.3 Å². The fourth-order valence-electron chi connectivity index (χ4n) is 2.59. The van der Waals surface area contributed by atoms with Gasteiger partial charge in [0.1, 0.15) is 0 Å². The predicted octanol–water partition coefficient (Wildman–Crippen LogP) is 3.64. The molecule has 0 aromatic heterocycles. The van der Waals surface area contributed by atoms with Crippen molar-refractivity contribution in [2.45, 2.75) is 60.3 Å². The van der Waals surface area contributed by atoms with Crippen molar-refractivity contribution in [3.63, 3.8) is 0 Å². The summed E-state index contributed by atoms with van der Waals surface area (Å²) in [6.45, 7) is 13.9. The van der Waals surface area contributed by atoms with Crippen LogP contribution in [0.5, 0.6) is 0 Å². The van der Waals surface area contributed by atoms with Gasteiger partial charge in [0.15, 0.2) is 0 Å². The highest BCUT2D eigenvalue weighted by atomic mass is 16.2. The Morgan fingerprint density at radius 2 is 1.75 bits per heavy atom. The minimum Gasteiger partial charge on any atom is -0.345 e. The highest BCUT2D eigenvalue weighted by Crippen LogP contribution is 2.32. The standard InChI is InChI=1S/C17H36N2O/c1-8-15(4)14-17(5,9-2)16(20)19(7)13-11-12-18(6)10-3/h15H,8-14H2,1-7H3. The Morgan fingerprint density at radius 1 is 1.15 bits per heavy atom. The maximum atomic E-state index is 12.7. The zero-order chi connectivity index (χ0) is 15.8. The van der Waals surface area contributed by atoms with Crippen molar-refractivity contribution in [2.24, 2.45) is 11.3 Å². The Labute approximate surface area is 126 Å². The number of nitrogens with zero attached hydrogens (tertiary/aromatic N) is 2. The molecule has 3 heteroatoms. The van der Waals surface area contributed by atoms with Gasteiger partial charge in [-0.15, -0.1) is 0 Å². The third-order valence-corrected chi connectivity index (χ3v) is 4.71. The third kappa shape index (κ3) is 6.25. The maximum Gasteiger partial charge on any atom is 0.228 e. The zero-order valence-corrected chi connectivity index (χ0v) is 14.8. The van der Waals surface area contributed by atoms with Gasteiger partial charge in [-0.3, -0.25) is 4.79 Å². The van der Waals surface area contributed by atoms with E-state index in [1.54, 1.807) is 0 Å². The van der Waals surface area contributed by atoms with Crippen molar-refractivity contribution in [2.75, 3.05) is 33.7 Å². The molecular formula is C17H36N2O. The average Bonchev–Trinajstić information content (AvgIpc) is 2.45. The number of amides is 1. The lowest BCUT2D eigenvalue weighted by atomic mass is 9.77. The van der Waals surface area contributed by atoms with E-state index in [1.165, 1.54) is 0 Å². The number of hydrogen-bond acceptors (Lipinski definition) is 2. The van der Waals surface area contributed by atoms with Gasteiger partial charge in [-0.25, -0.2) is 0 Å². The molecule has 0 saturated heterocycles. The average molecular weight is 284 g/mol. The minimum atomic E-state index is -0.194. The molecule has 0 saturated carbocycles. The topological polar surface area (TPSA) is 23.6 Å². The lowest BCUT2D eigenvalue weighted by Gasteiger charge is -2.34. The molecule has 2 atom stereocenters. The first-order valence-electron chi connectivity index (χ1n) is 8.24. The molecule has 2 unspecified atom stereocenters. The molecule has 3 nitrogen and oxygen atoms in total. The summed E-state index contributed by atoms with van der Waals surface area (Å²) < 4.78 is 0. The molecule has 0 aliphatic rings. The van der Waals surface area contributed by atoms with Crippen LogP contribution in [0.25, 0.3) is 0 Å². The Balaban J connectivity index is 4.43. The summed E-state index contributed by atoms with van der Waals surface area (Å²) in [5.74, 6) is 0.933. The first-order valence-corrected chi connectivity index (χ1v) is 8.24. The van der Waals surface area contributed by atoms with Gasteiger partial charge in [-0.1, -0.05) is 41.0 Å². The highest BCUT2D eigenvalue weighted by molar-refractivity contribution is 5.82. The van der Waals surface area contributed by atoms with Crippen LogP contribution in [-0.2, 0) is 4.79 Å². The molecule has 0 bridgehead atoms. The summed E-state index contributed by atoms with van der Waals surface area (Å²) in [4.78, 5) is 16.9. The van der Waals surface area contributed by atoms with E-state index in [-0.39, 0.29) is 5.41 Å². The normalized spacial score (nSPS) is 16.0. The number of rotatable bonds is 10. The summed E-state index contributed by atoms with van der Waals surface area (Å²) in [7, 11) is 4.08. The lowest BCUT2D eigenvalue weighted by molar-refractivity contribution is -0.141. The van der Waals surface area contributed by atoms with E-state index in [2.05, 4.69) is 46.6 Å². The first kappa shape index (κ1) is 19.4. The molecule has 0 radical (unpaired) electrons. The minimum absolute atomic E-state index is 0.194.